The molecule has 0 rings (SSSR count). The molecule has 0 heterocycles. The van der Waals surface area contributed by atoms with Gasteiger partial charge in [0.25, 0.3) is 0 Å². The first-order valence-electron chi connectivity index (χ1n) is 5.00. The molecule has 0 aliphatic rings. The molecule has 0 aromatic heterocycles. The molecule has 0 fully saturated rings. The van der Waals surface area contributed by atoms with Gasteiger partial charge in [-0.15, -0.1) is 11.6 Å². The van der Waals surface area contributed by atoms with Crippen LogP contribution in [-0.4, -0.2) is 35.7 Å². The minimum atomic E-state index is -0.322. The Kier molecular flexibility index (Phi) is 7.29. The molecule has 2 nitrogen and oxygen atoms in total. The lowest BCUT2D eigenvalue weighted by Gasteiger charge is -2.17. The molecule has 78 valence electrons. The molecule has 0 aromatic rings. The SMILES string of the molecule is CCN(CC)CCCC(=O)C(C)Cl. The third-order valence-corrected chi connectivity index (χ3v) is 2.48. The van der Waals surface area contributed by atoms with Gasteiger partial charge in [-0.1, -0.05) is 13.8 Å². The van der Waals surface area contributed by atoms with Crippen molar-refractivity contribution < 1.29 is 4.79 Å². The first-order valence-corrected chi connectivity index (χ1v) is 5.44. The summed E-state index contributed by atoms with van der Waals surface area (Å²) in [4.78, 5) is 13.5. The van der Waals surface area contributed by atoms with E-state index in [2.05, 4.69) is 18.7 Å². The molecule has 0 bridgehead atoms. The van der Waals surface area contributed by atoms with Gasteiger partial charge in [0.2, 0.25) is 0 Å². The van der Waals surface area contributed by atoms with Crippen LogP contribution in [0.15, 0.2) is 0 Å². The Morgan fingerprint density at radius 1 is 1.38 bits per heavy atom. The summed E-state index contributed by atoms with van der Waals surface area (Å²) < 4.78 is 0. The van der Waals surface area contributed by atoms with Crippen LogP contribution in [0.2, 0.25) is 0 Å². The smallest absolute Gasteiger partial charge is 0.150 e. The lowest BCUT2D eigenvalue weighted by atomic mass is 10.2. The second-order valence-corrected chi connectivity index (χ2v) is 3.87. The summed E-state index contributed by atoms with van der Waals surface area (Å²) in [5.74, 6) is 0.161. The molecule has 3 heteroatoms. The standard InChI is InChI=1S/C10H20ClNO/c1-4-12(5-2)8-6-7-10(13)9(3)11/h9H,4-8H2,1-3H3. The highest BCUT2D eigenvalue weighted by Gasteiger charge is 2.09. The van der Waals surface area contributed by atoms with Crippen molar-refractivity contribution in [2.45, 2.75) is 39.0 Å². The summed E-state index contributed by atoms with van der Waals surface area (Å²) in [5, 5.41) is -0.322. The molecule has 0 aliphatic carbocycles. The number of hydrogen-bond acceptors (Lipinski definition) is 2. The average molecular weight is 206 g/mol. The second kappa shape index (κ2) is 7.34. The maximum absolute atomic E-state index is 11.2. The molecule has 1 unspecified atom stereocenters. The second-order valence-electron chi connectivity index (χ2n) is 3.21. The molecular weight excluding hydrogens is 186 g/mol. The molecule has 0 spiro atoms. The highest BCUT2D eigenvalue weighted by molar-refractivity contribution is 6.30. The van der Waals surface area contributed by atoms with Gasteiger partial charge in [0.05, 0.1) is 5.38 Å². The van der Waals surface area contributed by atoms with Gasteiger partial charge in [0.15, 0.2) is 0 Å². The molecule has 0 saturated heterocycles. The molecule has 0 radical (unpaired) electrons. The van der Waals surface area contributed by atoms with Gasteiger partial charge < -0.3 is 4.90 Å². The average Bonchev–Trinajstić information content (AvgIpc) is 2.12. The van der Waals surface area contributed by atoms with Crippen molar-refractivity contribution >= 4 is 17.4 Å². The van der Waals surface area contributed by atoms with E-state index in [0.29, 0.717) is 6.42 Å². The summed E-state index contributed by atoms with van der Waals surface area (Å²) in [5.41, 5.74) is 0. The number of ketones is 1. The molecule has 0 saturated carbocycles. The maximum Gasteiger partial charge on any atom is 0.150 e. The van der Waals surface area contributed by atoms with Gasteiger partial charge in [-0.3, -0.25) is 4.79 Å². The van der Waals surface area contributed by atoms with E-state index in [1.54, 1.807) is 6.92 Å². The normalized spacial score (nSPS) is 13.3. The number of hydrogen-bond donors (Lipinski definition) is 0. The van der Waals surface area contributed by atoms with Crippen LogP contribution in [0.1, 0.15) is 33.6 Å². The third kappa shape index (κ3) is 6.05. The van der Waals surface area contributed by atoms with Crippen molar-refractivity contribution in [1.29, 1.82) is 0 Å². The first kappa shape index (κ1) is 12.9. The number of halogens is 1. The van der Waals surface area contributed by atoms with Gasteiger partial charge in [-0.2, -0.15) is 0 Å². The molecule has 1 atom stereocenters. The van der Waals surface area contributed by atoms with Gasteiger partial charge in [-0.25, -0.2) is 0 Å². The summed E-state index contributed by atoms with van der Waals surface area (Å²) in [6.07, 6.45) is 1.54. The number of alkyl halides is 1. The Bertz CT molecular complexity index is 144. The lowest BCUT2D eigenvalue weighted by Crippen LogP contribution is -2.25. The fourth-order valence-electron chi connectivity index (χ4n) is 1.22. The van der Waals surface area contributed by atoms with Crippen molar-refractivity contribution in [2.24, 2.45) is 0 Å². The zero-order chi connectivity index (χ0) is 10.3. The van der Waals surface area contributed by atoms with Crippen molar-refractivity contribution in [1.82, 2.24) is 4.90 Å². The Labute approximate surface area is 86.2 Å². The third-order valence-electron chi connectivity index (χ3n) is 2.24. The van der Waals surface area contributed by atoms with Crippen molar-refractivity contribution in [3.8, 4) is 0 Å². The van der Waals surface area contributed by atoms with Gasteiger partial charge >= 0.3 is 0 Å². The number of carbonyl (C=O) groups is 1. The van der Waals surface area contributed by atoms with E-state index in [4.69, 9.17) is 11.6 Å². The predicted octanol–water partition coefficient (Wildman–Crippen LogP) is 2.30. The van der Waals surface area contributed by atoms with Crippen molar-refractivity contribution in [3.05, 3.63) is 0 Å². The molecule has 0 aromatic carbocycles. The van der Waals surface area contributed by atoms with Crippen LogP contribution in [0.5, 0.6) is 0 Å². The number of rotatable bonds is 7. The van der Waals surface area contributed by atoms with E-state index in [-0.39, 0.29) is 11.2 Å². The summed E-state index contributed by atoms with van der Waals surface area (Å²) in [6, 6.07) is 0. The monoisotopic (exact) mass is 205 g/mol. The minimum absolute atomic E-state index is 0.161. The predicted molar refractivity (Wildman–Crippen MR) is 57.3 cm³/mol. The van der Waals surface area contributed by atoms with Crippen molar-refractivity contribution in [2.75, 3.05) is 19.6 Å². The van der Waals surface area contributed by atoms with E-state index >= 15 is 0 Å². The zero-order valence-electron chi connectivity index (χ0n) is 8.85. The molecule has 0 amide bonds. The van der Waals surface area contributed by atoms with Crippen LogP contribution >= 0.6 is 11.6 Å². The Morgan fingerprint density at radius 3 is 2.31 bits per heavy atom. The van der Waals surface area contributed by atoms with E-state index in [1.807, 2.05) is 0 Å². The fourth-order valence-corrected chi connectivity index (χ4v) is 1.32. The minimum Gasteiger partial charge on any atom is -0.304 e. The van der Waals surface area contributed by atoms with Crippen LogP contribution in [-0.2, 0) is 4.79 Å². The summed E-state index contributed by atoms with van der Waals surface area (Å²) in [6.45, 7) is 9.12. The van der Waals surface area contributed by atoms with Crippen LogP contribution < -0.4 is 0 Å². The van der Waals surface area contributed by atoms with Crippen molar-refractivity contribution in [3.63, 3.8) is 0 Å². The molecule has 13 heavy (non-hydrogen) atoms. The number of carbonyl (C=O) groups excluding carboxylic acids is 1. The van der Waals surface area contributed by atoms with Gasteiger partial charge in [0.1, 0.15) is 5.78 Å². The fraction of sp³-hybridized carbons (Fsp3) is 0.900. The number of Topliss-reactive ketones (excluding diaryl/α,β-unsaturated/α-hetero) is 1. The van der Waals surface area contributed by atoms with Crippen LogP contribution in [0, 0.1) is 0 Å². The largest absolute Gasteiger partial charge is 0.304 e. The molecular formula is C10H20ClNO. The van der Waals surface area contributed by atoms with E-state index in [9.17, 15) is 4.79 Å². The first-order chi connectivity index (χ1) is 6.11. The highest BCUT2D eigenvalue weighted by Crippen LogP contribution is 2.03. The van der Waals surface area contributed by atoms with Crippen LogP contribution in [0.25, 0.3) is 0 Å². The van der Waals surface area contributed by atoms with Crippen LogP contribution in [0.3, 0.4) is 0 Å². The zero-order valence-corrected chi connectivity index (χ0v) is 9.60. The Balaban J connectivity index is 3.49. The van der Waals surface area contributed by atoms with Gasteiger partial charge in [0, 0.05) is 6.42 Å². The highest BCUT2D eigenvalue weighted by atomic mass is 35.5. The van der Waals surface area contributed by atoms with Gasteiger partial charge in [-0.05, 0) is 33.0 Å². The Hall–Kier alpha value is -0.0800. The summed E-state index contributed by atoms with van der Waals surface area (Å²) in [7, 11) is 0. The quantitative estimate of drug-likeness (QED) is 0.595. The van der Waals surface area contributed by atoms with E-state index in [1.165, 1.54) is 0 Å². The molecule has 0 N–H and O–H groups in total. The number of nitrogens with zero attached hydrogens (tertiary/aromatic N) is 1. The summed E-state index contributed by atoms with van der Waals surface area (Å²) >= 11 is 5.65. The Morgan fingerprint density at radius 2 is 1.92 bits per heavy atom. The topological polar surface area (TPSA) is 20.3 Å². The van der Waals surface area contributed by atoms with E-state index < -0.39 is 0 Å². The lowest BCUT2D eigenvalue weighted by molar-refractivity contribution is -0.118. The molecule has 0 aliphatic heterocycles. The maximum atomic E-state index is 11.2. The van der Waals surface area contributed by atoms with E-state index in [0.717, 1.165) is 26.1 Å². The van der Waals surface area contributed by atoms with Crippen LogP contribution in [0.4, 0.5) is 0 Å².